The molecule has 0 radical (unpaired) electrons. The van der Waals surface area contributed by atoms with Crippen LogP contribution in [0.2, 0.25) is 0 Å². The van der Waals surface area contributed by atoms with Gasteiger partial charge in [-0.1, -0.05) is 170 Å². The summed E-state index contributed by atoms with van der Waals surface area (Å²) >= 11 is 0. The predicted octanol–water partition coefficient (Wildman–Crippen LogP) is 17.8. The first kappa shape index (κ1) is 45.7. The number of nitrogens with zero attached hydrogens (tertiary/aromatic N) is 5. The summed E-state index contributed by atoms with van der Waals surface area (Å²) in [5.41, 5.74) is 23.5. The van der Waals surface area contributed by atoms with Crippen LogP contribution in [0.5, 0.6) is 11.5 Å². The number of benzene rings is 12. The Morgan fingerprint density at radius 3 is 1.20 bits per heavy atom. The molecule has 4 aliphatic heterocycles. The van der Waals surface area contributed by atoms with Crippen LogP contribution in [0.15, 0.2) is 297 Å². The van der Waals surface area contributed by atoms with Crippen molar-refractivity contribution in [3.8, 4) is 11.5 Å². The van der Waals surface area contributed by atoms with Crippen LogP contribution in [-0.4, -0.2) is 6.71 Å². The Kier molecular flexibility index (Phi) is 10.6. The molecule has 4 heterocycles. The maximum absolute atomic E-state index is 7.66. The van der Waals surface area contributed by atoms with Crippen LogP contribution >= 0.6 is 0 Å². The maximum atomic E-state index is 7.66. The van der Waals surface area contributed by atoms with Crippen LogP contribution in [-0.2, 0) is 0 Å². The molecule has 7 heteroatoms. The van der Waals surface area contributed by atoms with Crippen molar-refractivity contribution < 1.29 is 4.74 Å². The molecule has 0 spiro atoms. The zero-order chi connectivity index (χ0) is 52.7. The van der Waals surface area contributed by atoms with Crippen LogP contribution in [0, 0.1) is 0 Å². The first-order valence-electron chi connectivity index (χ1n) is 27.5. The average Bonchev–Trinajstić information content (AvgIpc) is 3.69. The Morgan fingerprint density at radius 1 is 0.287 bits per heavy atom. The highest BCUT2D eigenvalue weighted by atomic mass is 16.5. The van der Waals surface area contributed by atoms with Crippen molar-refractivity contribution in [3.63, 3.8) is 0 Å². The third-order valence-corrected chi connectivity index (χ3v) is 16.4. The lowest BCUT2D eigenvalue weighted by atomic mass is 9.33. The minimum Gasteiger partial charge on any atom is -0.456 e. The normalized spacial score (nSPS) is 13.9. The predicted molar refractivity (Wildman–Crippen MR) is 332 cm³/mol. The van der Waals surface area contributed by atoms with Gasteiger partial charge in [-0.05, 0) is 137 Å². The van der Waals surface area contributed by atoms with E-state index in [-0.39, 0.29) is 12.6 Å². The van der Waals surface area contributed by atoms with E-state index in [1.165, 1.54) is 22.0 Å². The minimum absolute atomic E-state index is 0.138. The van der Waals surface area contributed by atoms with Crippen molar-refractivity contribution in [2.75, 3.05) is 24.5 Å². The van der Waals surface area contributed by atoms with Crippen LogP contribution in [0.25, 0.3) is 0 Å². The van der Waals surface area contributed by atoms with E-state index in [0.717, 1.165) is 108 Å². The lowest BCUT2D eigenvalue weighted by Gasteiger charge is -2.46. The van der Waals surface area contributed by atoms with E-state index in [1.807, 2.05) is 0 Å². The summed E-state index contributed by atoms with van der Waals surface area (Å²) in [6.07, 6.45) is 0. The van der Waals surface area contributed by atoms with Crippen molar-refractivity contribution in [2.24, 2.45) is 0 Å². The van der Waals surface area contributed by atoms with Crippen LogP contribution in [0.3, 0.4) is 0 Å². The molecular formula is C73H50BN5O. The molecular weight excluding hydrogens is 974 g/mol. The van der Waals surface area contributed by atoms with E-state index >= 15 is 0 Å². The van der Waals surface area contributed by atoms with Crippen molar-refractivity contribution in [1.29, 1.82) is 0 Å². The van der Waals surface area contributed by atoms with E-state index in [0.29, 0.717) is 0 Å². The molecule has 0 aliphatic carbocycles. The fourth-order valence-electron chi connectivity index (χ4n) is 13.1. The molecule has 4 aliphatic rings. The van der Waals surface area contributed by atoms with Gasteiger partial charge in [0.15, 0.2) is 0 Å². The monoisotopic (exact) mass is 1020 g/mol. The minimum atomic E-state index is -0.153. The molecule has 12 aromatic rings. The molecule has 376 valence electrons. The lowest BCUT2D eigenvalue weighted by Crippen LogP contribution is -2.61. The molecule has 80 heavy (non-hydrogen) atoms. The van der Waals surface area contributed by atoms with Gasteiger partial charge in [0.1, 0.15) is 11.5 Å². The number of hydrogen-bond donors (Lipinski definition) is 0. The Bertz CT molecular complexity index is 4220. The SMILES string of the molecule is c1ccc(N(c2ccccc2)c2cc3c4c(c2)N(c2ccccc2)c2cc5c(cc2B4c2ccccc2N3c2ccccc2)C2c3ccccc3N(c3ccccc3)c3cc(N(c4ccccc4)c4ccccc4)cc(c32)O5)cc1. The molecule has 16 rings (SSSR count). The van der Waals surface area contributed by atoms with Gasteiger partial charge in [0, 0.05) is 91.7 Å². The molecule has 0 aromatic heterocycles. The molecule has 0 amide bonds. The number of para-hydroxylation sites is 9. The van der Waals surface area contributed by atoms with E-state index in [1.54, 1.807) is 0 Å². The van der Waals surface area contributed by atoms with Gasteiger partial charge in [-0.15, -0.1) is 0 Å². The Hall–Kier alpha value is -10.5. The standard InChI is InChI=1S/C73H50BN5O/c1-8-26-50(27-9-1)75(51-28-10-2-11-29-51)57-45-67-73-68(46-57)79(56-38-20-7-21-39-56)65-49-69-60(48-62(65)74(73)61-41-23-25-43-64(61)78(67)55-36-18-6-19-37-55)71-59-40-22-24-42-63(59)77(54-34-16-5-17-35-54)66-44-58(47-70(80-69)72(66)71)76(52-30-12-3-13-31-52)53-32-14-4-15-33-53/h1-49,71H. The van der Waals surface area contributed by atoms with Crippen molar-refractivity contribution in [3.05, 3.63) is 314 Å². The molecule has 0 bridgehead atoms. The second kappa shape index (κ2) is 18.6. The summed E-state index contributed by atoms with van der Waals surface area (Å²) in [5.74, 6) is 1.51. The molecule has 0 N–H and O–H groups in total. The number of hydrogen-bond acceptors (Lipinski definition) is 6. The van der Waals surface area contributed by atoms with E-state index in [4.69, 9.17) is 4.74 Å². The Morgan fingerprint density at radius 2 is 0.688 bits per heavy atom. The largest absolute Gasteiger partial charge is 0.456 e. The summed E-state index contributed by atoms with van der Waals surface area (Å²) in [4.78, 5) is 12.2. The first-order chi connectivity index (χ1) is 39.7. The summed E-state index contributed by atoms with van der Waals surface area (Å²) in [6, 6.07) is 108. The zero-order valence-electron chi connectivity index (χ0n) is 43.6. The third-order valence-electron chi connectivity index (χ3n) is 16.4. The fourth-order valence-corrected chi connectivity index (χ4v) is 13.1. The van der Waals surface area contributed by atoms with E-state index in [2.05, 4.69) is 322 Å². The number of rotatable bonds is 9. The topological polar surface area (TPSA) is 25.4 Å². The van der Waals surface area contributed by atoms with Crippen molar-refractivity contribution in [1.82, 2.24) is 0 Å². The van der Waals surface area contributed by atoms with Gasteiger partial charge in [-0.25, -0.2) is 0 Å². The third kappa shape index (κ3) is 7.21. The first-order valence-corrected chi connectivity index (χ1v) is 27.5. The van der Waals surface area contributed by atoms with Crippen LogP contribution < -0.4 is 45.6 Å². The summed E-state index contributed by atoms with van der Waals surface area (Å²) < 4.78 is 7.66. The smallest absolute Gasteiger partial charge is 0.252 e. The zero-order valence-corrected chi connectivity index (χ0v) is 43.6. The Balaban J connectivity index is 0.982. The van der Waals surface area contributed by atoms with Gasteiger partial charge in [0.2, 0.25) is 0 Å². The fraction of sp³-hybridized carbons (Fsp3) is 0.0137. The summed E-state index contributed by atoms with van der Waals surface area (Å²) in [7, 11) is 0. The van der Waals surface area contributed by atoms with Gasteiger partial charge in [-0.3, -0.25) is 0 Å². The highest BCUT2D eigenvalue weighted by molar-refractivity contribution is 7.00. The van der Waals surface area contributed by atoms with Crippen molar-refractivity contribution in [2.45, 2.75) is 5.92 Å². The Labute approximate surface area is 466 Å². The number of fused-ring (bicyclic) bond motifs is 8. The van der Waals surface area contributed by atoms with E-state index in [9.17, 15) is 0 Å². The quantitative estimate of drug-likeness (QED) is 0.134. The number of ether oxygens (including phenoxy) is 1. The molecule has 0 saturated carbocycles. The number of anilines is 15. The maximum Gasteiger partial charge on any atom is 0.252 e. The highest BCUT2D eigenvalue weighted by Crippen LogP contribution is 2.61. The van der Waals surface area contributed by atoms with Gasteiger partial charge >= 0.3 is 0 Å². The van der Waals surface area contributed by atoms with Crippen LogP contribution in [0.1, 0.15) is 22.6 Å². The molecule has 6 nitrogen and oxygen atoms in total. The molecule has 0 saturated heterocycles. The second-order valence-electron chi connectivity index (χ2n) is 20.8. The van der Waals surface area contributed by atoms with Gasteiger partial charge in [-0.2, -0.15) is 0 Å². The van der Waals surface area contributed by atoms with Crippen LogP contribution in [0.4, 0.5) is 85.3 Å². The van der Waals surface area contributed by atoms with E-state index < -0.39 is 0 Å². The molecule has 1 unspecified atom stereocenters. The molecule has 0 fully saturated rings. The molecule has 1 atom stereocenters. The lowest BCUT2D eigenvalue weighted by molar-refractivity contribution is 0.453. The molecule has 12 aromatic carbocycles. The summed E-state index contributed by atoms with van der Waals surface area (Å²) in [6.45, 7) is -0.138. The van der Waals surface area contributed by atoms with Gasteiger partial charge in [0.05, 0.1) is 22.7 Å². The average molecular weight is 1020 g/mol. The summed E-state index contributed by atoms with van der Waals surface area (Å²) in [5, 5.41) is 0. The van der Waals surface area contributed by atoms with Crippen molar-refractivity contribution >= 4 is 108 Å². The highest BCUT2D eigenvalue weighted by Gasteiger charge is 2.47. The second-order valence-corrected chi connectivity index (χ2v) is 20.8. The van der Waals surface area contributed by atoms with Gasteiger partial charge in [0.25, 0.3) is 6.71 Å². The van der Waals surface area contributed by atoms with Gasteiger partial charge < -0.3 is 29.2 Å².